The van der Waals surface area contributed by atoms with Crippen molar-refractivity contribution >= 4 is 5.91 Å². The zero-order valence-corrected chi connectivity index (χ0v) is 9.83. The SMILES string of the molecule is CCCC(C)c1c(C(=O)NNN)noc1C. The van der Waals surface area contributed by atoms with E-state index in [1.165, 1.54) is 0 Å². The number of amides is 1. The molecular formula is C10H18N4O2. The van der Waals surface area contributed by atoms with Crippen LogP contribution in [0, 0.1) is 6.92 Å². The maximum Gasteiger partial charge on any atom is 0.288 e. The van der Waals surface area contributed by atoms with Crippen molar-refractivity contribution in [1.29, 1.82) is 0 Å². The molecule has 0 aromatic carbocycles. The van der Waals surface area contributed by atoms with Gasteiger partial charge in [-0.25, -0.2) is 0 Å². The van der Waals surface area contributed by atoms with E-state index in [4.69, 9.17) is 10.4 Å². The van der Waals surface area contributed by atoms with Crippen LogP contribution in [0.2, 0.25) is 0 Å². The maximum absolute atomic E-state index is 11.6. The number of nitrogens with zero attached hydrogens (tertiary/aromatic N) is 1. The summed E-state index contributed by atoms with van der Waals surface area (Å²) in [5, 5.41) is 3.75. The van der Waals surface area contributed by atoms with Crippen molar-refractivity contribution in [3.63, 3.8) is 0 Å². The molecule has 0 saturated heterocycles. The molecule has 1 aromatic heterocycles. The molecule has 1 heterocycles. The lowest BCUT2D eigenvalue weighted by Gasteiger charge is -2.10. The molecule has 0 fully saturated rings. The summed E-state index contributed by atoms with van der Waals surface area (Å²) in [5.74, 6) is 5.57. The van der Waals surface area contributed by atoms with E-state index in [0.29, 0.717) is 11.5 Å². The molecule has 6 heteroatoms. The first kappa shape index (κ1) is 12.7. The number of nitrogens with one attached hydrogen (secondary N) is 2. The minimum absolute atomic E-state index is 0.245. The van der Waals surface area contributed by atoms with Crippen molar-refractivity contribution in [1.82, 2.24) is 16.1 Å². The van der Waals surface area contributed by atoms with Gasteiger partial charge in [-0.15, -0.1) is 0 Å². The fourth-order valence-corrected chi connectivity index (χ4v) is 1.83. The van der Waals surface area contributed by atoms with E-state index in [2.05, 4.69) is 30.0 Å². The van der Waals surface area contributed by atoms with Crippen LogP contribution in [0.15, 0.2) is 4.52 Å². The first-order valence-corrected chi connectivity index (χ1v) is 5.33. The Balaban J connectivity index is 2.97. The summed E-state index contributed by atoms with van der Waals surface area (Å²) < 4.78 is 5.05. The van der Waals surface area contributed by atoms with Gasteiger partial charge in [-0.2, -0.15) is 5.53 Å². The Morgan fingerprint density at radius 3 is 2.88 bits per heavy atom. The van der Waals surface area contributed by atoms with E-state index in [0.717, 1.165) is 18.4 Å². The van der Waals surface area contributed by atoms with Crippen molar-refractivity contribution in [3.05, 3.63) is 17.0 Å². The Labute approximate surface area is 94.5 Å². The molecule has 16 heavy (non-hydrogen) atoms. The summed E-state index contributed by atoms with van der Waals surface area (Å²) >= 11 is 0. The molecule has 1 rings (SSSR count). The van der Waals surface area contributed by atoms with Gasteiger partial charge in [-0.1, -0.05) is 25.4 Å². The molecule has 1 unspecified atom stereocenters. The van der Waals surface area contributed by atoms with Crippen molar-refractivity contribution < 1.29 is 9.32 Å². The van der Waals surface area contributed by atoms with Crippen LogP contribution in [0.3, 0.4) is 0 Å². The number of hydrazine groups is 2. The molecule has 4 N–H and O–H groups in total. The van der Waals surface area contributed by atoms with Crippen LogP contribution in [0.4, 0.5) is 0 Å². The first-order chi connectivity index (χ1) is 7.61. The summed E-state index contributed by atoms with van der Waals surface area (Å²) in [5.41, 5.74) is 5.53. The quantitative estimate of drug-likeness (QED) is 0.514. The summed E-state index contributed by atoms with van der Waals surface area (Å²) in [4.78, 5) is 11.6. The molecule has 90 valence electrons. The van der Waals surface area contributed by atoms with Gasteiger partial charge in [0.1, 0.15) is 5.76 Å². The average Bonchev–Trinajstić information content (AvgIpc) is 2.61. The lowest BCUT2D eigenvalue weighted by Crippen LogP contribution is -2.42. The third-order valence-electron chi connectivity index (χ3n) is 2.52. The predicted molar refractivity (Wildman–Crippen MR) is 59.4 cm³/mol. The first-order valence-electron chi connectivity index (χ1n) is 5.33. The zero-order valence-electron chi connectivity index (χ0n) is 9.83. The Morgan fingerprint density at radius 1 is 1.62 bits per heavy atom. The molecule has 0 aliphatic carbocycles. The second kappa shape index (κ2) is 5.62. The number of hydrogen-bond acceptors (Lipinski definition) is 5. The third-order valence-corrected chi connectivity index (χ3v) is 2.52. The Kier molecular flexibility index (Phi) is 4.45. The molecule has 0 bridgehead atoms. The number of aromatic nitrogens is 1. The minimum atomic E-state index is -0.377. The van der Waals surface area contributed by atoms with Crippen LogP contribution >= 0.6 is 0 Å². The van der Waals surface area contributed by atoms with Gasteiger partial charge in [0.05, 0.1) is 0 Å². The van der Waals surface area contributed by atoms with E-state index in [9.17, 15) is 4.79 Å². The van der Waals surface area contributed by atoms with Crippen LogP contribution in [0.25, 0.3) is 0 Å². The summed E-state index contributed by atoms with van der Waals surface area (Å²) in [6, 6.07) is 0. The molecule has 1 aromatic rings. The lowest BCUT2D eigenvalue weighted by molar-refractivity contribution is 0.0923. The molecule has 1 amide bonds. The molecule has 1 atom stereocenters. The number of nitrogens with two attached hydrogens (primary N) is 1. The molecule has 0 aliphatic rings. The average molecular weight is 226 g/mol. The Hall–Kier alpha value is -1.40. The van der Waals surface area contributed by atoms with Crippen molar-refractivity contribution in [3.8, 4) is 0 Å². The van der Waals surface area contributed by atoms with Crippen molar-refractivity contribution in [2.75, 3.05) is 0 Å². The number of carbonyl (C=O) groups excluding carboxylic acids is 1. The Morgan fingerprint density at radius 2 is 2.31 bits per heavy atom. The second-order valence-corrected chi connectivity index (χ2v) is 3.79. The monoisotopic (exact) mass is 226 g/mol. The highest BCUT2D eigenvalue weighted by Crippen LogP contribution is 2.27. The minimum Gasteiger partial charge on any atom is -0.361 e. The standard InChI is InChI=1S/C10H18N4O2/c1-4-5-6(2)8-7(3)16-13-9(8)10(15)12-14-11/h6,14H,4-5,11H2,1-3H3,(H,12,15). The van der Waals surface area contributed by atoms with E-state index < -0.39 is 0 Å². The van der Waals surface area contributed by atoms with Gasteiger partial charge < -0.3 is 4.52 Å². The highest BCUT2D eigenvalue weighted by atomic mass is 16.5. The largest absolute Gasteiger partial charge is 0.361 e. The highest BCUT2D eigenvalue weighted by molar-refractivity contribution is 5.93. The zero-order chi connectivity index (χ0) is 12.1. The normalized spacial score (nSPS) is 12.5. The van der Waals surface area contributed by atoms with E-state index >= 15 is 0 Å². The van der Waals surface area contributed by atoms with Gasteiger partial charge in [0.15, 0.2) is 5.69 Å². The van der Waals surface area contributed by atoms with Gasteiger partial charge in [0.2, 0.25) is 0 Å². The van der Waals surface area contributed by atoms with Crippen LogP contribution in [-0.4, -0.2) is 11.1 Å². The number of rotatable bonds is 5. The highest BCUT2D eigenvalue weighted by Gasteiger charge is 2.23. The molecule has 0 radical (unpaired) electrons. The predicted octanol–water partition coefficient (Wildman–Crippen LogP) is 0.995. The van der Waals surface area contributed by atoms with Crippen LogP contribution < -0.4 is 16.8 Å². The van der Waals surface area contributed by atoms with E-state index in [1.807, 2.05) is 0 Å². The second-order valence-electron chi connectivity index (χ2n) is 3.79. The number of hydrogen-bond donors (Lipinski definition) is 3. The van der Waals surface area contributed by atoms with Crippen LogP contribution in [0.1, 0.15) is 54.4 Å². The fraction of sp³-hybridized carbons (Fsp3) is 0.600. The molecule has 6 nitrogen and oxygen atoms in total. The summed E-state index contributed by atoms with van der Waals surface area (Å²) in [6.45, 7) is 5.96. The number of carbonyl (C=O) groups is 1. The van der Waals surface area contributed by atoms with Gasteiger partial charge in [-0.05, 0) is 19.3 Å². The topological polar surface area (TPSA) is 93.2 Å². The van der Waals surface area contributed by atoms with Gasteiger partial charge in [0.25, 0.3) is 5.91 Å². The lowest BCUT2D eigenvalue weighted by atomic mass is 9.94. The smallest absolute Gasteiger partial charge is 0.288 e. The van der Waals surface area contributed by atoms with Crippen LogP contribution in [-0.2, 0) is 0 Å². The van der Waals surface area contributed by atoms with Crippen molar-refractivity contribution in [2.24, 2.45) is 5.84 Å². The van der Waals surface area contributed by atoms with Gasteiger partial charge in [0, 0.05) is 5.56 Å². The van der Waals surface area contributed by atoms with Crippen LogP contribution in [0.5, 0.6) is 0 Å². The fourth-order valence-electron chi connectivity index (χ4n) is 1.83. The van der Waals surface area contributed by atoms with Crippen molar-refractivity contribution in [2.45, 2.75) is 39.5 Å². The summed E-state index contributed by atoms with van der Waals surface area (Å²) in [7, 11) is 0. The van der Waals surface area contributed by atoms with Gasteiger partial charge in [-0.3, -0.25) is 16.1 Å². The van der Waals surface area contributed by atoms with Gasteiger partial charge >= 0.3 is 0 Å². The molecule has 0 saturated carbocycles. The third kappa shape index (κ3) is 2.59. The maximum atomic E-state index is 11.6. The molecule has 0 spiro atoms. The summed E-state index contributed by atoms with van der Waals surface area (Å²) in [6.07, 6.45) is 2.03. The van der Waals surface area contributed by atoms with E-state index in [-0.39, 0.29) is 11.8 Å². The molecule has 0 aliphatic heterocycles. The Bertz CT molecular complexity index is 362. The number of aryl methyl sites for hydroxylation is 1. The molecular weight excluding hydrogens is 208 g/mol. The van der Waals surface area contributed by atoms with E-state index in [1.54, 1.807) is 6.92 Å².